The standard InChI is InChI=1S/C15H12ClFN2O2S/c1-19(12-6-2-4-10-8-9-18-15(10)12)22(20,21)13-7-3-5-11(16)14(13)17/h2-9,18H,1H3. The molecular weight excluding hydrogens is 327 g/mol. The number of sulfonamides is 1. The Hall–Kier alpha value is -2.05. The minimum absolute atomic E-state index is 0.229. The van der Waals surface area contributed by atoms with Gasteiger partial charge in [0.05, 0.1) is 16.2 Å². The second kappa shape index (κ2) is 5.30. The molecule has 0 fully saturated rings. The van der Waals surface area contributed by atoms with Crippen LogP contribution < -0.4 is 4.31 Å². The third-order valence-electron chi connectivity index (χ3n) is 3.46. The van der Waals surface area contributed by atoms with Gasteiger partial charge in [0.2, 0.25) is 0 Å². The number of nitrogens with one attached hydrogen (secondary N) is 1. The smallest absolute Gasteiger partial charge is 0.267 e. The van der Waals surface area contributed by atoms with E-state index in [4.69, 9.17) is 11.6 Å². The van der Waals surface area contributed by atoms with Crippen LogP contribution in [0.3, 0.4) is 0 Å². The highest BCUT2D eigenvalue weighted by molar-refractivity contribution is 7.92. The summed E-state index contributed by atoms with van der Waals surface area (Å²) >= 11 is 5.68. The monoisotopic (exact) mass is 338 g/mol. The van der Waals surface area contributed by atoms with Crippen molar-refractivity contribution in [3.63, 3.8) is 0 Å². The van der Waals surface area contributed by atoms with Crippen molar-refractivity contribution in [1.82, 2.24) is 4.98 Å². The van der Waals surface area contributed by atoms with E-state index in [1.807, 2.05) is 12.1 Å². The molecule has 3 rings (SSSR count). The number of aromatic amines is 1. The number of halogens is 2. The maximum atomic E-state index is 14.1. The molecular formula is C15H12ClFN2O2S. The Morgan fingerprint density at radius 2 is 1.86 bits per heavy atom. The van der Waals surface area contributed by atoms with E-state index in [1.165, 1.54) is 25.2 Å². The van der Waals surface area contributed by atoms with E-state index in [-0.39, 0.29) is 5.02 Å². The van der Waals surface area contributed by atoms with Gasteiger partial charge in [-0.15, -0.1) is 0 Å². The Kier molecular flexibility index (Phi) is 3.58. The fraction of sp³-hybridized carbons (Fsp3) is 0.0667. The van der Waals surface area contributed by atoms with Gasteiger partial charge < -0.3 is 4.98 Å². The Morgan fingerprint density at radius 1 is 1.14 bits per heavy atom. The van der Waals surface area contributed by atoms with Gasteiger partial charge in [-0.05, 0) is 24.3 Å². The molecule has 0 saturated heterocycles. The van der Waals surface area contributed by atoms with Gasteiger partial charge in [-0.25, -0.2) is 12.8 Å². The lowest BCUT2D eigenvalue weighted by Gasteiger charge is -2.20. The SMILES string of the molecule is CN(c1cccc2cc[nH]c12)S(=O)(=O)c1cccc(Cl)c1F. The van der Waals surface area contributed by atoms with Crippen LogP contribution in [0, 0.1) is 5.82 Å². The highest BCUT2D eigenvalue weighted by atomic mass is 35.5. The number of aromatic nitrogens is 1. The number of nitrogens with zero attached hydrogens (tertiary/aromatic N) is 1. The Bertz CT molecular complexity index is 953. The molecule has 0 atom stereocenters. The Labute approximate surface area is 132 Å². The van der Waals surface area contributed by atoms with E-state index in [2.05, 4.69) is 4.98 Å². The normalized spacial score (nSPS) is 11.8. The summed E-state index contributed by atoms with van der Waals surface area (Å²) in [5, 5.41) is 0.638. The first-order chi connectivity index (χ1) is 10.4. The van der Waals surface area contributed by atoms with Gasteiger partial charge in [0.25, 0.3) is 10.0 Å². The Morgan fingerprint density at radius 3 is 2.64 bits per heavy atom. The molecule has 22 heavy (non-hydrogen) atoms. The number of anilines is 1. The van der Waals surface area contributed by atoms with Gasteiger partial charge in [-0.3, -0.25) is 4.31 Å². The van der Waals surface area contributed by atoms with Crippen LogP contribution in [0.15, 0.2) is 53.6 Å². The highest BCUT2D eigenvalue weighted by Gasteiger charge is 2.27. The molecule has 0 bridgehead atoms. The van der Waals surface area contributed by atoms with Crippen molar-refractivity contribution in [2.24, 2.45) is 0 Å². The van der Waals surface area contributed by atoms with Gasteiger partial charge in [0.15, 0.2) is 5.82 Å². The second-order valence-corrected chi connectivity index (χ2v) is 7.09. The summed E-state index contributed by atoms with van der Waals surface area (Å²) < 4.78 is 40.5. The molecule has 0 saturated carbocycles. The summed E-state index contributed by atoms with van der Waals surface area (Å²) in [6, 6.07) is 11.0. The predicted molar refractivity (Wildman–Crippen MR) is 85.3 cm³/mol. The van der Waals surface area contributed by atoms with E-state index in [0.717, 1.165) is 9.69 Å². The molecule has 0 radical (unpaired) electrons. The van der Waals surface area contributed by atoms with Gasteiger partial charge in [-0.1, -0.05) is 29.8 Å². The largest absolute Gasteiger partial charge is 0.359 e. The maximum Gasteiger partial charge on any atom is 0.267 e. The van der Waals surface area contributed by atoms with Crippen molar-refractivity contribution in [2.75, 3.05) is 11.4 Å². The van der Waals surface area contributed by atoms with Crippen molar-refractivity contribution in [3.8, 4) is 0 Å². The van der Waals surface area contributed by atoms with E-state index in [1.54, 1.807) is 18.3 Å². The van der Waals surface area contributed by atoms with Gasteiger partial charge in [0.1, 0.15) is 4.90 Å². The number of para-hydroxylation sites is 1. The highest BCUT2D eigenvalue weighted by Crippen LogP contribution is 2.31. The fourth-order valence-corrected chi connectivity index (χ4v) is 3.81. The summed E-state index contributed by atoms with van der Waals surface area (Å²) in [7, 11) is -2.68. The minimum Gasteiger partial charge on any atom is -0.359 e. The predicted octanol–water partition coefficient (Wildman–Crippen LogP) is 3.79. The molecule has 0 aliphatic heterocycles. The first-order valence-corrected chi connectivity index (χ1v) is 8.24. The quantitative estimate of drug-likeness (QED) is 0.790. The number of hydrogen-bond acceptors (Lipinski definition) is 2. The number of H-pyrrole nitrogens is 1. The van der Waals surface area contributed by atoms with Crippen LogP contribution in [0.2, 0.25) is 5.02 Å². The first kappa shape index (κ1) is 14.9. The number of benzene rings is 2. The zero-order chi connectivity index (χ0) is 15.9. The van der Waals surface area contributed by atoms with Crippen LogP contribution in [0.25, 0.3) is 10.9 Å². The number of hydrogen-bond donors (Lipinski definition) is 1. The molecule has 0 spiro atoms. The average molecular weight is 339 g/mol. The van der Waals surface area contributed by atoms with Crippen LogP contribution in [0.4, 0.5) is 10.1 Å². The van der Waals surface area contributed by atoms with Crippen molar-refractivity contribution in [2.45, 2.75) is 4.90 Å². The number of fused-ring (bicyclic) bond motifs is 1. The lowest BCUT2D eigenvalue weighted by molar-refractivity contribution is 0.566. The molecule has 1 N–H and O–H groups in total. The second-order valence-electron chi connectivity index (χ2n) is 4.74. The first-order valence-electron chi connectivity index (χ1n) is 6.42. The van der Waals surface area contributed by atoms with Gasteiger partial charge in [-0.2, -0.15) is 0 Å². The minimum atomic E-state index is -4.06. The third kappa shape index (κ3) is 2.24. The van der Waals surface area contributed by atoms with Crippen molar-refractivity contribution >= 4 is 38.2 Å². The van der Waals surface area contributed by atoms with Crippen molar-refractivity contribution in [3.05, 3.63) is 59.5 Å². The van der Waals surface area contributed by atoms with Crippen LogP contribution in [0.5, 0.6) is 0 Å². The summed E-state index contributed by atoms with van der Waals surface area (Å²) in [4.78, 5) is 2.54. The number of rotatable bonds is 3. The van der Waals surface area contributed by atoms with Gasteiger partial charge in [0, 0.05) is 18.6 Å². The van der Waals surface area contributed by atoms with Crippen LogP contribution in [0.1, 0.15) is 0 Å². The van der Waals surface area contributed by atoms with Crippen LogP contribution in [-0.4, -0.2) is 20.4 Å². The molecule has 0 amide bonds. The average Bonchev–Trinajstić information content (AvgIpc) is 2.97. The molecule has 1 aromatic heterocycles. The fourth-order valence-electron chi connectivity index (χ4n) is 2.29. The molecule has 0 aliphatic carbocycles. The molecule has 4 nitrogen and oxygen atoms in total. The summed E-state index contributed by atoms with van der Waals surface area (Å²) in [5.41, 5.74) is 1.10. The van der Waals surface area contributed by atoms with Crippen LogP contribution in [-0.2, 0) is 10.0 Å². The molecule has 114 valence electrons. The topological polar surface area (TPSA) is 53.2 Å². The van der Waals surface area contributed by atoms with E-state index >= 15 is 0 Å². The zero-order valence-corrected chi connectivity index (χ0v) is 13.1. The molecule has 0 unspecified atom stereocenters. The van der Waals surface area contributed by atoms with Crippen molar-refractivity contribution in [1.29, 1.82) is 0 Å². The van der Waals surface area contributed by atoms with E-state index in [0.29, 0.717) is 11.2 Å². The third-order valence-corrected chi connectivity index (χ3v) is 5.54. The van der Waals surface area contributed by atoms with Crippen LogP contribution >= 0.6 is 11.6 Å². The van der Waals surface area contributed by atoms with E-state index in [9.17, 15) is 12.8 Å². The van der Waals surface area contributed by atoms with E-state index < -0.39 is 20.7 Å². The zero-order valence-electron chi connectivity index (χ0n) is 11.5. The summed E-state index contributed by atoms with van der Waals surface area (Å²) in [6.07, 6.45) is 1.72. The molecule has 1 heterocycles. The molecule has 7 heteroatoms. The lowest BCUT2D eigenvalue weighted by Crippen LogP contribution is -2.27. The Balaban J connectivity index is 2.17. The molecule has 2 aromatic carbocycles. The lowest BCUT2D eigenvalue weighted by atomic mass is 10.2. The molecule has 0 aliphatic rings. The van der Waals surface area contributed by atoms with Crippen molar-refractivity contribution < 1.29 is 12.8 Å². The van der Waals surface area contributed by atoms with Gasteiger partial charge >= 0.3 is 0 Å². The summed E-state index contributed by atoms with van der Waals surface area (Å²) in [6.45, 7) is 0. The maximum absolute atomic E-state index is 14.1. The molecule has 3 aromatic rings. The summed E-state index contributed by atoms with van der Waals surface area (Å²) in [5.74, 6) is -0.949.